The SMILES string of the molecule is Cc1cc(Cl)cc2ccn(Cc3cccc(C(=O)O)c3F)c12. The number of aryl methyl sites for hydroxylation is 1. The number of carboxylic acids is 1. The van der Waals surface area contributed by atoms with Crippen LogP contribution in [0.5, 0.6) is 0 Å². The molecule has 22 heavy (non-hydrogen) atoms. The van der Waals surface area contributed by atoms with Crippen LogP contribution in [0.4, 0.5) is 4.39 Å². The lowest BCUT2D eigenvalue weighted by Gasteiger charge is -2.10. The first-order valence-corrected chi connectivity index (χ1v) is 7.11. The lowest BCUT2D eigenvalue weighted by molar-refractivity contribution is 0.0691. The number of nitrogens with zero attached hydrogens (tertiary/aromatic N) is 1. The highest BCUT2D eigenvalue weighted by Crippen LogP contribution is 2.26. The van der Waals surface area contributed by atoms with Gasteiger partial charge in [0, 0.05) is 22.2 Å². The Bertz CT molecular complexity index is 886. The van der Waals surface area contributed by atoms with Crippen LogP contribution in [0.3, 0.4) is 0 Å². The van der Waals surface area contributed by atoms with E-state index in [0.717, 1.165) is 16.5 Å². The summed E-state index contributed by atoms with van der Waals surface area (Å²) >= 11 is 6.04. The Kier molecular flexibility index (Phi) is 3.62. The van der Waals surface area contributed by atoms with Crippen molar-refractivity contribution in [2.24, 2.45) is 0 Å². The number of carboxylic acid groups (broad SMARTS) is 1. The highest BCUT2D eigenvalue weighted by molar-refractivity contribution is 6.31. The molecule has 112 valence electrons. The molecule has 3 nitrogen and oxygen atoms in total. The van der Waals surface area contributed by atoms with Crippen molar-refractivity contribution < 1.29 is 14.3 Å². The minimum absolute atomic E-state index is 0.263. The zero-order valence-corrected chi connectivity index (χ0v) is 12.6. The number of hydrogen-bond acceptors (Lipinski definition) is 1. The molecule has 1 N–H and O–H groups in total. The van der Waals surface area contributed by atoms with Gasteiger partial charge >= 0.3 is 5.97 Å². The maximum Gasteiger partial charge on any atom is 0.338 e. The van der Waals surface area contributed by atoms with E-state index >= 15 is 0 Å². The number of hydrogen-bond donors (Lipinski definition) is 1. The van der Waals surface area contributed by atoms with Crippen LogP contribution in [0.25, 0.3) is 10.9 Å². The van der Waals surface area contributed by atoms with Crippen LogP contribution in [0.2, 0.25) is 5.02 Å². The van der Waals surface area contributed by atoms with Crippen molar-refractivity contribution in [2.75, 3.05) is 0 Å². The van der Waals surface area contributed by atoms with Gasteiger partial charge in [-0.25, -0.2) is 9.18 Å². The van der Waals surface area contributed by atoms with Gasteiger partial charge in [-0.1, -0.05) is 23.7 Å². The molecule has 0 fully saturated rings. The van der Waals surface area contributed by atoms with Crippen LogP contribution in [-0.4, -0.2) is 15.6 Å². The van der Waals surface area contributed by atoms with E-state index in [-0.39, 0.29) is 12.1 Å². The van der Waals surface area contributed by atoms with E-state index in [0.29, 0.717) is 10.6 Å². The molecule has 0 atom stereocenters. The summed E-state index contributed by atoms with van der Waals surface area (Å²) in [6.07, 6.45) is 1.85. The summed E-state index contributed by atoms with van der Waals surface area (Å²) in [6.45, 7) is 2.20. The fraction of sp³-hybridized carbons (Fsp3) is 0.118. The number of aromatic carboxylic acids is 1. The van der Waals surface area contributed by atoms with Gasteiger partial charge in [-0.15, -0.1) is 0 Å². The van der Waals surface area contributed by atoms with E-state index in [9.17, 15) is 9.18 Å². The Balaban J connectivity index is 2.08. The summed E-state index contributed by atoms with van der Waals surface area (Å²) in [5, 5.41) is 10.6. The van der Waals surface area contributed by atoms with Gasteiger partial charge in [0.05, 0.1) is 17.6 Å². The van der Waals surface area contributed by atoms with E-state index in [1.54, 1.807) is 12.1 Å². The van der Waals surface area contributed by atoms with Crippen LogP contribution in [0.1, 0.15) is 21.5 Å². The third-order valence-corrected chi connectivity index (χ3v) is 3.88. The topological polar surface area (TPSA) is 42.2 Å². The number of halogens is 2. The molecule has 0 aliphatic carbocycles. The van der Waals surface area contributed by atoms with Gasteiger partial charge in [0.25, 0.3) is 0 Å². The number of rotatable bonds is 3. The van der Waals surface area contributed by atoms with Gasteiger partial charge in [-0.3, -0.25) is 0 Å². The molecule has 3 aromatic rings. The molecule has 0 spiro atoms. The maximum atomic E-state index is 14.3. The van der Waals surface area contributed by atoms with Gasteiger partial charge in [-0.2, -0.15) is 0 Å². The summed E-state index contributed by atoms with van der Waals surface area (Å²) in [5.41, 5.74) is 1.98. The molecule has 0 unspecified atom stereocenters. The van der Waals surface area contributed by atoms with Crippen LogP contribution in [-0.2, 0) is 6.54 Å². The molecule has 0 saturated heterocycles. The quantitative estimate of drug-likeness (QED) is 0.773. The molecule has 1 aromatic heterocycles. The Morgan fingerprint density at radius 1 is 1.32 bits per heavy atom. The van der Waals surface area contributed by atoms with Gasteiger partial charge < -0.3 is 9.67 Å². The van der Waals surface area contributed by atoms with E-state index in [1.807, 2.05) is 35.9 Å². The molecule has 5 heteroatoms. The molecule has 2 aromatic carbocycles. The smallest absolute Gasteiger partial charge is 0.338 e. The fourth-order valence-corrected chi connectivity index (χ4v) is 2.99. The van der Waals surface area contributed by atoms with E-state index in [4.69, 9.17) is 16.7 Å². The average Bonchev–Trinajstić information content (AvgIpc) is 2.83. The third kappa shape index (κ3) is 2.46. The Morgan fingerprint density at radius 2 is 2.09 bits per heavy atom. The van der Waals surface area contributed by atoms with Crippen molar-refractivity contribution in [3.05, 3.63) is 70.1 Å². The van der Waals surface area contributed by atoms with E-state index < -0.39 is 11.8 Å². The van der Waals surface area contributed by atoms with Crippen molar-refractivity contribution in [1.82, 2.24) is 4.57 Å². The van der Waals surface area contributed by atoms with E-state index in [2.05, 4.69) is 0 Å². The van der Waals surface area contributed by atoms with Crippen molar-refractivity contribution in [3.8, 4) is 0 Å². The molecule has 0 bridgehead atoms. The fourth-order valence-electron chi connectivity index (χ4n) is 2.71. The standard InChI is InChI=1S/C17H13ClFNO2/c1-10-7-13(18)8-11-5-6-20(16(10)11)9-12-3-2-4-14(15(12)19)17(21)22/h2-8H,9H2,1H3,(H,21,22). The summed E-state index contributed by atoms with van der Waals surface area (Å²) < 4.78 is 16.2. The maximum absolute atomic E-state index is 14.3. The van der Waals surface area contributed by atoms with Crippen molar-refractivity contribution in [1.29, 1.82) is 0 Å². The molecule has 0 aliphatic rings. The monoisotopic (exact) mass is 317 g/mol. The van der Waals surface area contributed by atoms with Crippen LogP contribution >= 0.6 is 11.6 Å². The summed E-state index contributed by atoms with van der Waals surface area (Å²) in [6, 6.07) is 10.0. The summed E-state index contributed by atoms with van der Waals surface area (Å²) in [5.74, 6) is -1.96. The Hall–Kier alpha value is -2.33. The molecular weight excluding hydrogens is 305 g/mol. The van der Waals surface area contributed by atoms with Crippen molar-refractivity contribution in [3.63, 3.8) is 0 Å². The van der Waals surface area contributed by atoms with Crippen LogP contribution in [0.15, 0.2) is 42.6 Å². The van der Waals surface area contributed by atoms with E-state index in [1.165, 1.54) is 6.07 Å². The number of aromatic nitrogens is 1. The van der Waals surface area contributed by atoms with Crippen molar-refractivity contribution >= 4 is 28.5 Å². The lowest BCUT2D eigenvalue weighted by Crippen LogP contribution is -2.07. The van der Waals surface area contributed by atoms with Crippen LogP contribution in [0, 0.1) is 12.7 Å². The minimum Gasteiger partial charge on any atom is -0.478 e. The molecule has 0 amide bonds. The molecular formula is C17H13ClFNO2. The predicted molar refractivity (Wildman–Crippen MR) is 84.1 cm³/mol. The predicted octanol–water partition coefficient (Wildman–Crippen LogP) is 4.49. The summed E-state index contributed by atoms with van der Waals surface area (Å²) in [4.78, 5) is 11.0. The first-order valence-electron chi connectivity index (χ1n) is 6.73. The second kappa shape index (κ2) is 5.46. The minimum atomic E-state index is -1.26. The molecule has 1 heterocycles. The number of carbonyl (C=O) groups is 1. The first kappa shape index (κ1) is 14.6. The van der Waals surface area contributed by atoms with Gasteiger partial charge in [0.2, 0.25) is 0 Å². The Morgan fingerprint density at radius 3 is 2.82 bits per heavy atom. The number of benzene rings is 2. The van der Waals surface area contributed by atoms with Crippen LogP contribution < -0.4 is 0 Å². The molecule has 0 aliphatic heterocycles. The summed E-state index contributed by atoms with van der Waals surface area (Å²) in [7, 11) is 0. The second-order valence-corrected chi connectivity index (χ2v) is 5.62. The molecule has 0 radical (unpaired) electrons. The highest BCUT2D eigenvalue weighted by atomic mass is 35.5. The first-order chi connectivity index (χ1) is 10.5. The number of fused-ring (bicyclic) bond motifs is 1. The second-order valence-electron chi connectivity index (χ2n) is 5.19. The highest BCUT2D eigenvalue weighted by Gasteiger charge is 2.15. The normalized spacial score (nSPS) is 11.0. The molecule has 0 saturated carbocycles. The molecule has 3 rings (SSSR count). The van der Waals surface area contributed by atoms with Gasteiger partial charge in [-0.05, 0) is 36.8 Å². The Labute approximate surface area is 131 Å². The zero-order valence-electron chi connectivity index (χ0n) is 11.8. The van der Waals surface area contributed by atoms with Gasteiger partial charge in [0.1, 0.15) is 5.82 Å². The van der Waals surface area contributed by atoms with Gasteiger partial charge in [0.15, 0.2) is 0 Å². The zero-order chi connectivity index (χ0) is 15.9. The third-order valence-electron chi connectivity index (χ3n) is 3.67. The average molecular weight is 318 g/mol. The lowest BCUT2D eigenvalue weighted by atomic mass is 10.1. The largest absolute Gasteiger partial charge is 0.478 e. The van der Waals surface area contributed by atoms with Crippen molar-refractivity contribution in [2.45, 2.75) is 13.5 Å².